The van der Waals surface area contributed by atoms with Crippen LogP contribution in [0.1, 0.15) is 26.2 Å². The standard InChI is InChI=1S/C18H26N6/c1-2-21-18-23-16(15-6-10-20-11-7-15)13-17(24-18)22-12-5-14-3-8-19-9-4-14/h6-7,10-11,13-14,19H,2-5,8-9,12H2,1H3,(H2,21,22,23,24). The van der Waals surface area contributed by atoms with E-state index in [9.17, 15) is 0 Å². The summed E-state index contributed by atoms with van der Waals surface area (Å²) in [5.74, 6) is 2.35. The van der Waals surface area contributed by atoms with Crippen LogP contribution in [0.5, 0.6) is 0 Å². The zero-order valence-corrected chi connectivity index (χ0v) is 14.3. The molecule has 1 saturated heterocycles. The van der Waals surface area contributed by atoms with Crippen molar-refractivity contribution in [2.75, 3.05) is 36.8 Å². The van der Waals surface area contributed by atoms with Gasteiger partial charge in [0.15, 0.2) is 0 Å². The molecule has 0 radical (unpaired) electrons. The molecule has 0 saturated carbocycles. The zero-order valence-electron chi connectivity index (χ0n) is 14.3. The van der Waals surface area contributed by atoms with Crippen LogP contribution in [0.25, 0.3) is 11.3 Å². The number of piperidine rings is 1. The van der Waals surface area contributed by atoms with E-state index in [1.807, 2.05) is 25.1 Å². The van der Waals surface area contributed by atoms with Crippen LogP contribution in [0.3, 0.4) is 0 Å². The highest BCUT2D eigenvalue weighted by Gasteiger charge is 2.13. The Morgan fingerprint density at radius 2 is 1.92 bits per heavy atom. The Morgan fingerprint density at radius 3 is 2.67 bits per heavy atom. The first-order valence-electron chi connectivity index (χ1n) is 8.83. The molecule has 3 rings (SSSR count). The quantitative estimate of drug-likeness (QED) is 0.726. The first kappa shape index (κ1) is 16.6. The third kappa shape index (κ3) is 4.64. The third-order valence-electron chi connectivity index (χ3n) is 4.35. The van der Waals surface area contributed by atoms with Gasteiger partial charge in [0.05, 0.1) is 5.69 Å². The molecule has 0 unspecified atom stereocenters. The lowest BCUT2D eigenvalue weighted by Crippen LogP contribution is -2.28. The predicted octanol–water partition coefficient (Wildman–Crippen LogP) is 2.77. The minimum Gasteiger partial charge on any atom is -0.370 e. The van der Waals surface area contributed by atoms with E-state index in [2.05, 4.69) is 30.9 Å². The number of hydrogen-bond donors (Lipinski definition) is 3. The second kappa shape index (κ2) is 8.59. The topological polar surface area (TPSA) is 74.8 Å². The van der Waals surface area contributed by atoms with Gasteiger partial charge in [0, 0.05) is 37.1 Å². The minimum atomic E-state index is 0.663. The second-order valence-corrected chi connectivity index (χ2v) is 6.14. The summed E-state index contributed by atoms with van der Waals surface area (Å²) in [6, 6.07) is 5.95. The molecule has 1 fully saturated rings. The van der Waals surface area contributed by atoms with E-state index in [1.165, 1.54) is 19.3 Å². The third-order valence-corrected chi connectivity index (χ3v) is 4.35. The summed E-state index contributed by atoms with van der Waals surface area (Å²) in [5.41, 5.74) is 1.96. The van der Waals surface area contributed by atoms with Crippen molar-refractivity contribution in [1.29, 1.82) is 0 Å². The van der Waals surface area contributed by atoms with Crippen LogP contribution < -0.4 is 16.0 Å². The molecule has 0 amide bonds. The lowest BCUT2D eigenvalue weighted by atomic mass is 9.95. The highest BCUT2D eigenvalue weighted by Crippen LogP contribution is 2.21. The van der Waals surface area contributed by atoms with Crippen molar-refractivity contribution in [3.63, 3.8) is 0 Å². The summed E-state index contributed by atoms with van der Waals surface area (Å²) >= 11 is 0. The summed E-state index contributed by atoms with van der Waals surface area (Å²) in [6.45, 7) is 6.09. The smallest absolute Gasteiger partial charge is 0.225 e. The number of hydrogen-bond acceptors (Lipinski definition) is 6. The van der Waals surface area contributed by atoms with E-state index in [1.54, 1.807) is 12.4 Å². The molecule has 128 valence electrons. The molecule has 3 N–H and O–H groups in total. The first-order chi connectivity index (χ1) is 11.8. The first-order valence-corrected chi connectivity index (χ1v) is 8.83. The number of pyridine rings is 1. The monoisotopic (exact) mass is 326 g/mol. The Labute approximate surface area is 143 Å². The molecule has 0 aromatic carbocycles. The Balaban J connectivity index is 1.68. The maximum Gasteiger partial charge on any atom is 0.225 e. The number of rotatable bonds is 7. The zero-order chi connectivity index (χ0) is 16.6. The van der Waals surface area contributed by atoms with Crippen LogP contribution >= 0.6 is 0 Å². The van der Waals surface area contributed by atoms with Crippen molar-refractivity contribution in [2.24, 2.45) is 5.92 Å². The van der Waals surface area contributed by atoms with Crippen LogP contribution in [-0.2, 0) is 0 Å². The van der Waals surface area contributed by atoms with Crippen molar-refractivity contribution in [2.45, 2.75) is 26.2 Å². The fourth-order valence-corrected chi connectivity index (χ4v) is 3.02. The highest BCUT2D eigenvalue weighted by molar-refractivity contribution is 5.63. The average molecular weight is 326 g/mol. The van der Waals surface area contributed by atoms with E-state index in [0.717, 1.165) is 49.2 Å². The lowest BCUT2D eigenvalue weighted by Gasteiger charge is -2.22. The van der Waals surface area contributed by atoms with Gasteiger partial charge in [0.2, 0.25) is 5.95 Å². The summed E-state index contributed by atoms with van der Waals surface area (Å²) < 4.78 is 0. The van der Waals surface area contributed by atoms with Crippen LogP contribution in [0.4, 0.5) is 11.8 Å². The Kier molecular flexibility index (Phi) is 5.96. The molecule has 1 aliphatic rings. The molecule has 6 heteroatoms. The van der Waals surface area contributed by atoms with Gasteiger partial charge in [-0.1, -0.05) is 0 Å². The largest absolute Gasteiger partial charge is 0.370 e. The molecule has 0 spiro atoms. The van der Waals surface area contributed by atoms with E-state index >= 15 is 0 Å². The molecule has 1 aliphatic heterocycles. The van der Waals surface area contributed by atoms with Gasteiger partial charge in [-0.25, -0.2) is 4.98 Å². The molecule has 2 aromatic heterocycles. The lowest BCUT2D eigenvalue weighted by molar-refractivity contribution is 0.361. The molecule has 0 bridgehead atoms. The Hall–Kier alpha value is -2.21. The summed E-state index contributed by atoms with van der Waals surface area (Å²) in [5, 5.41) is 10.1. The van der Waals surface area contributed by atoms with Gasteiger partial charge in [0.1, 0.15) is 5.82 Å². The van der Waals surface area contributed by atoms with Gasteiger partial charge >= 0.3 is 0 Å². The van der Waals surface area contributed by atoms with Crippen molar-refractivity contribution in [1.82, 2.24) is 20.3 Å². The van der Waals surface area contributed by atoms with Crippen molar-refractivity contribution < 1.29 is 0 Å². The molecule has 2 aromatic rings. The van der Waals surface area contributed by atoms with E-state index < -0.39 is 0 Å². The van der Waals surface area contributed by atoms with Crippen LogP contribution in [0.15, 0.2) is 30.6 Å². The van der Waals surface area contributed by atoms with E-state index in [0.29, 0.717) is 5.95 Å². The predicted molar refractivity (Wildman–Crippen MR) is 98.1 cm³/mol. The molecule has 0 atom stereocenters. The molecule has 3 heterocycles. The Bertz CT molecular complexity index is 625. The molecule has 24 heavy (non-hydrogen) atoms. The van der Waals surface area contributed by atoms with Crippen molar-refractivity contribution in [3.05, 3.63) is 30.6 Å². The molecule has 6 nitrogen and oxygen atoms in total. The number of aromatic nitrogens is 3. The van der Waals surface area contributed by atoms with Crippen LogP contribution in [0.2, 0.25) is 0 Å². The van der Waals surface area contributed by atoms with Crippen molar-refractivity contribution >= 4 is 11.8 Å². The molecular weight excluding hydrogens is 300 g/mol. The van der Waals surface area contributed by atoms with E-state index in [-0.39, 0.29) is 0 Å². The maximum absolute atomic E-state index is 4.59. The van der Waals surface area contributed by atoms with Gasteiger partial charge in [-0.05, 0) is 57.3 Å². The number of nitrogens with one attached hydrogen (secondary N) is 3. The van der Waals surface area contributed by atoms with Gasteiger partial charge in [-0.3, -0.25) is 4.98 Å². The normalized spacial score (nSPS) is 15.2. The summed E-state index contributed by atoms with van der Waals surface area (Å²) in [4.78, 5) is 13.2. The van der Waals surface area contributed by atoms with Crippen LogP contribution in [0, 0.1) is 5.92 Å². The minimum absolute atomic E-state index is 0.663. The second-order valence-electron chi connectivity index (χ2n) is 6.14. The van der Waals surface area contributed by atoms with E-state index in [4.69, 9.17) is 0 Å². The summed E-state index contributed by atoms with van der Waals surface area (Å²) in [7, 11) is 0. The van der Waals surface area contributed by atoms with Gasteiger partial charge < -0.3 is 16.0 Å². The Morgan fingerprint density at radius 1 is 1.12 bits per heavy atom. The fourth-order valence-electron chi connectivity index (χ4n) is 3.02. The highest BCUT2D eigenvalue weighted by atomic mass is 15.1. The number of nitrogens with zero attached hydrogens (tertiary/aromatic N) is 3. The van der Waals surface area contributed by atoms with Crippen LogP contribution in [-0.4, -0.2) is 41.1 Å². The number of anilines is 2. The van der Waals surface area contributed by atoms with Gasteiger partial charge in [-0.15, -0.1) is 0 Å². The van der Waals surface area contributed by atoms with Gasteiger partial charge in [0.25, 0.3) is 0 Å². The average Bonchev–Trinajstić information content (AvgIpc) is 2.63. The van der Waals surface area contributed by atoms with Gasteiger partial charge in [-0.2, -0.15) is 4.98 Å². The molecular formula is C18H26N6. The summed E-state index contributed by atoms with van der Waals surface area (Å²) in [6.07, 6.45) is 7.31. The molecule has 0 aliphatic carbocycles. The SMILES string of the molecule is CCNc1nc(NCCC2CCNCC2)cc(-c2ccncc2)n1. The van der Waals surface area contributed by atoms with Crippen molar-refractivity contribution in [3.8, 4) is 11.3 Å². The maximum atomic E-state index is 4.59. The fraction of sp³-hybridized carbons (Fsp3) is 0.500.